The Balaban J connectivity index is 1.42. The molecule has 0 aliphatic carbocycles. The van der Waals surface area contributed by atoms with E-state index in [0.29, 0.717) is 6.54 Å². The number of anilines is 1. The third kappa shape index (κ3) is 6.90. The maximum absolute atomic E-state index is 12.3. The molecule has 1 aliphatic heterocycles. The molecule has 1 fully saturated rings. The van der Waals surface area contributed by atoms with Gasteiger partial charge in [0.25, 0.3) is 0 Å². The van der Waals surface area contributed by atoms with Crippen LogP contribution in [0.25, 0.3) is 0 Å². The lowest BCUT2D eigenvalue weighted by atomic mass is 10.2. The van der Waals surface area contributed by atoms with Crippen LogP contribution in [0.5, 0.6) is 0 Å². The number of rotatable bonds is 8. The molecule has 0 saturated carbocycles. The van der Waals surface area contributed by atoms with Crippen LogP contribution in [0.3, 0.4) is 0 Å². The predicted octanol–water partition coefficient (Wildman–Crippen LogP) is 2.27. The molecule has 0 radical (unpaired) electrons. The number of para-hydroxylation sites is 1. The number of benzene rings is 1. The number of aryl methyl sites for hydroxylation is 1. The molecular formula is C22H31N5O2S. The average molecular weight is 430 g/mol. The van der Waals surface area contributed by atoms with Gasteiger partial charge >= 0.3 is 0 Å². The number of nitrogens with one attached hydrogen (secondary N) is 2. The van der Waals surface area contributed by atoms with Crippen molar-refractivity contribution >= 4 is 28.8 Å². The number of piperazine rings is 1. The predicted molar refractivity (Wildman–Crippen MR) is 121 cm³/mol. The molecule has 162 valence electrons. The van der Waals surface area contributed by atoms with Crippen LogP contribution in [0.15, 0.2) is 29.6 Å². The zero-order valence-electron chi connectivity index (χ0n) is 18.0. The van der Waals surface area contributed by atoms with E-state index in [9.17, 15) is 9.59 Å². The summed E-state index contributed by atoms with van der Waals surface area (Å²) in [5.74, 6) is 0.0463. The topological polar surface area (TPSA) is 77.6 Å². The summed E-state index contributed by atoms with van der Waals surface area (Å²) >= 11 is 1.53. The van der Waals surface area contributed by atoms with E-state index in [0.717, 1.165) is 54.7 Å². The summed E-state index contributed by atoms with van der Waals surface area (Å²) in [5, 5.41) is 8.78. The molecule has 2 amide bonds. The first kappa shape index (κ1) is 22.4. The van der Waals surface area contributed by atoms with Crippen molar-refractivity contribution in [3.05, 3.63) is 45.9 Å². The summed E-state index contributed by atoms with van der Waals surface area (Å²) in [5.41, 5.74) is 2.90. The molecule has 0 unspecified atom stereocenters. The first-order valence-electron chi connectivity index (χ1n) is 10.4. The fourth-order valence-corrected chi connectivity index (χ4v) is 4.24. The Bertz CT molecular complexity index is 859. The SMILES string of the molecule is Cc1ccccc1NC(=O)Cc1nc(CN2CCN(CC(=O)NC(C)C)CC2)cs1. The molecule has 2 aromatic rings. The smallest absolute Gasteiger partial charge is 0.234 e. The van der Waals surface area contributed by atoms with Crippen molar-refractivity contribution in [1.82, 2.24) is 20.1 Å². The first-order valence-corrected chi connectivity index (χ1v) is 11.3. The Hall–Kier alpha value is -2.29. The van der Waals surface area contributed by atoms with Crippen molar-refractivity contribution in [2.75, 3.05) is 38.0 Å². The zero-order valence-corrected chi connectivity index (χ0v) is 18.8. The monoisotopic (exact) mass is 429 g/mol. The molecule has 1 saturated heterocycles. The quantitative estimate of drug-likeness (QED) is 0.673. The van der Waals surface area contributed by atoms with E-state index in [4.69, 9.17) is 0 Å². The Morgan fingerprint density at radius 3 is 2.50 bits per heavy atom. The summed E-state index contributed by atoms with van der Waals surface area (Å²) in [7, 11) is 0. The number of nitrogens with zero attached hydrogens (tertiary/aromatic N) is 3. The van der Waals surface area contributed by atoms with E-state index in [1.807, 2.05) is 50.4 Å². The Labute approximate surface area is 182 Å². The number of carbonyl (C=O) groups excluding carboxylic acids is 2. The van der Waals surface area contributed by atoms with Crippen LogP contribution >= 0.6 is 11.3 Å². The minimum atomic E-state index is -0.0431. The third-order valence-corrected chi connectivity index (χ3v) is 5.90. The van der Waals surface area contributed by atoms with Crippen molar-refractivity contribution < 1.29 is 9.59 Å². The van der Waals surface area contributed by atoms with Crippen LogP contribution in [0.4, 0.5) is 5.69 Å². The number of aromatic nitrogens is 1. The second kappa shape index (κ2) is 10.7. The van der Waals surface area contributed by atoms with E-state index >= 15 is 0 Å². The van der Waals surface area contributed by atoms with Gasteiger partial charge in [0.05, 0.1) is 18.7 Å². The van der Waals surface area contributed by atoms with Crippen molar-refractivity contribution in [2.45, 2.75) is 39.8 Å². The number of hydrogen-bond acceptors (Lipinski definition) is 6. The molecule has 7 nitrogen and oxygen atoms in total. The van der Waals surface area contributed by atoms with Crippen LogP contribution in [0.2, 0.25) is 0 Å². The average Bonchev–Trinajstić information content (AvgIpc) is 3.11. The fourth-order valence-electron chi connectivity index (χ4n) is 3.45. The first-order chi connectivity index (χ1) is 14.4. The van der Waals surface area contributed by atoms with Crippen LogP contribution < -0.4 is 10.6 Å². The van der Waals surface area contributed by atoms with Gasteiger partial charge in [-0.25, -0.2) is 4.98 Å². The highest BCUT2D eigenvalue weighted by molar-refractivity contribution is 7.09. The molecule has 1 aromatic carbocycles. The van der Waals surface area contributed by atoms with Gasteiger partial charge in [-0.1, -0.05) is 18.2 Å². The lowest BCUT2D eigenvalue weighted by molar-refractivity contribution is -0.123. The van der Waals surface area contributed by atoms with Gasteiger partial charge in [0.2, 0.25) is 11.8 Å². The van der Waals surface area contributed by atoms with E-state index in [2.05, 4.69) is 25.4 Å². The van der Waals surface area contributed by atoms with E-state index in [-0.39, 0.29) is 24.3 Å². The second-order valence-electron chi connectivity index (χ2n) is 8.05. The van der Waals surface area contributed by atoms with Gasteiger partial charge in [-0.05, 0) is 32.4 Å². The Kier molecular flexibility index (Phi) is 7.95. The van der Waals surface area contributed by atoms with Gasteiger partial charge in [-0.2, -0.15) is 0 Å². The standard InChI is InChI=1S/C22H31N5O2S/c1-16(2)23-21(29)14-27-10-8-26(9-11-27)13-18-15-30-22(24-18)12-20(28)25-19-7-5-4-6-17(19)3/h4-7,15-16H,8-14H2,1-3H3,(H,23,29)(H,25,28). The number of carbonyl (C=O) groups is 2. The molecule has 0 atom stereocenters. The van der Waals surface area contributed by atoms with E-state index < -0.39 is 0 Å². The maximum Gasteiger partial charge on any atom is 0.234 e. The molecule has 1 aliphatic rings. The lowest BCUT2D eigenvalue weighted by Crippen LogP contribution is -2.49. The van der Waals surface area contributed by atoms with Crippen LogP contribution in [-0.2, 0) is 22.6 Å². The Morgan fingerprint density at radius 1 is 1.10 bits per heavy atom. The number of hydrogen-bond donors (Lipinski definition) is 2. The highest BCUT2D eigenvalue weighted by atomic mass is 32.1. The number of amides is 2. The second-order valence-corrected chi connectivity index (χ2v) is 8.99. The van der Waals surface area contributed by atoms with Crippen LogP contribution in [-0.4, -0.2) is 65.4 Å². The van der Waals surface area contributed by atoms with Crippen molar-refractivity contribution in [1.29, 1.82) is 0 Å². The minimum Gasteiger partial charge on any atom is -0.353 e. The van der Waals surface area contributed by atoms with Gasteiger partial charge < -0.3 is 10.6 Å². The van der Waals surface area contributed by atoms with Crippen LogP contribution in [0, 0.1) is 6.92 Å². The molecule has 3 rings (SSSR count). The van der Waals surface area contributed by atoms with Crippen molar-refractivity contribution in [3.8, 4) is 0 Å². The Morgan fingerprint density at radius 2 is 1.80 bits per heavy atom. The number of thiazole rings is 1. The highest BCUT2D eigenvalue weighted by Gasteiger charge is 2.20. The largest absolute Gasteiger partial charge is 0.353 e. The van der Waals surface area contributed by atoms with E-state index in [1.54, 1.807) is 0 Å². The third-order valence-electron chi connectivity index (χ3n) is 5.00. The molecule has 8 heteroatoms. The fraction of sp³-hybridized carbons (Fsp3) is 0.500. The van der Waals surface area contributed by atoms with Crippen molar-refractivity contribution in [2.24, 2.45) is 0 Å². The van der Waals surface area contributed by atoms with E-state index in [1.165, 1.54) is 11.3 Å². The van der Waals surface area contributed by atoms with Gasteiger partial charge in [-0.3, -0.25) is 19.4 Å². The van der Waals surface area contributed by atoms with Gasteiger partial charge in [0.1, 0.15) is 5.01 Å². The zero-order chi connectivity index (χ0) is 21.5. The molecule has 1 aromatic heterocycles. The summed E-state index contributed by atoms with van der Waals surface area (Å²) in [6, 6.07) is 7.94. The maximum atomic E-state index is 12.3. The molecule has 0 bridgehead atoms. The van der Waals surface area contributed by atoms with Gasteiger partial charge in [0, 0.05) is 49.8 Å². The van der Waals surface area contributed by atoms with Gasteiger partial charge in [-0.15, -0.1) is 11.3 Å². The lowest BCUT2D eigenvalue weighted by Gasteiger charge is -2.34. The summed E-state index contributed by atoms with van der Waals surface area (Å²) in [6.07, 6.45) is 0.289. The molecule has 30 heavy (non-hydrogen) atoms. The molecular weight excluding hydrogens is 398 g/mol. The summed E-state index contributed by atoms with van der Waals surface area (Å²) in [6.45, 7) is 10.8. The minimum absolute atomic E-state index is 0.0431. The normalized spacial score (nSPS) is 15.3. The summed E-state index contributed by atoms with van der Waals surface area (Å²) < 4.78 is 0. The van der Waals surface area contributed by atoms with Crippen molar-refractivity contribution in [3.63, 3.8) is 0 Å². The molecule has 0 spiro atoms. The highest BCUT2D eigenvalue weighted by Crippen LogP contribution is 2.16. The summed E-state index contributed by atoms with van der Waals surface area (Å²) in [4.78, 5) is 33.4. The van der Waals surface area contributed by atoms with Gasteiger partial charge in [0.15, 0.2) is 0 Å². The molecule has 2 heterocycles. The molecule has 2 N–H and O–H groups in total. The van der Waals surface area contributed by atoms with Crippen LogP contribution in [0.1, 0.15) is 30.1 Å².